The zero-order chi connectivity index (χ0) is 20.1. The predicted octanol–water partition coefficient (Wildman–Crippen LogP) is 4.35. The third kappa shape index (κ3) is 5.41. The highest BCUT2D eigenvalue weighted by Gasteiger charge is 2.17. The molecule has 0 saturated carbocycles. The largest absolute Gasteiger partial charge is 0.486 e. The Morgan fingerprint density at radius 2 is 1.75 bits per heavy atom. The molecule has 1 N–H and O–H groups in total. The number of hydrogen-bond acceptors (Lipinski definition) is 5. The SMILES string of the molecule is CC(OC(=O)C=Cc1ccc2c(c1)OCCO2)C(=O)Nc1cc(Cl)cc(Cl)c1. The van der Waals surface area contributed by atoms with Gasteiger partial charge >= 0.3 is 5.97 Å². The van der Waals surface area contributed by atoms with Crippen LogP contribution in [-0.4, -0.2) is 31.2 Å². The van der Waals surface area contributed by atoms with Gasteiger partial charge in [-0.15, -0.1) is 0 Å². The number of carbonyl (C=O) groups excluding carboxylic acids is 2. The van der Waals surface area contributed by atoms with Crippen molar-refractivity contribution >= 4 is 46.8 Å². The van der Waals surface area contributed by atoms with E-state index >= 15 is 0 Å². The first-order valence-electron chi connectivity index (χ1n) is 8.46. The van der Waals surface area contributed by atoms with Crippen LogP contribution in [0.15, 0.2) is 42.5 Å². The van der Waals surface area contributed by atoms with Gasteiger partial charge in [-0.1, -0.05) is 29.3 Å². The maximum Gasteiger partial charge on any atom is 0.331 e. The van der Waals surface area contributed by atoms with Crippen LogP contribution in [-0.2, 0) is 14.3 Å². The van der Waals surface area contributed by atoms with Gasteiger partial charge in [0.05, 0.1) is 0 Å². The molecule has 0 radical (unpaired) electrons. The smallest absolute Gasteiger partial charge is 0.331 e. The van der Waals surface area contributed by atoms with Crippen molar-refractivity contribution in [3.05, 3.63) is 58.1 Å². The van der Waals surface area contributed by atoms with Crippen LogP contribution in [0.5, 0.6) is 11.5 Å². The third-order valence-corrected chi connectivity index (χ3v) is 4.21. The first kappa shape index (κ1) is 20.0. The summed E-state index contributed by atoms with van der Waals surface area (Å²) in [5.41, 5.74) is 1.16. The minimum Gasteiger partial charge on any atom is -0.486 e. The summed E-state index contributed by atoms with van der Waals surface area (Å²) < 4.78 is 16.1. The summed E-state index contributed by atoms with van der Waals surface area (Å²) in [7, 11) is 0. The molecule has 2 aromatic rings. The average Bonchev–Trinajstić information content (AvgIpc) is 2.65. The number of carbonyl (C=O) groups is 2. The van der Waals surface area contributed by atoms with Gasteiger partial charge in [-0.2, -0.15) is 0 Å². The van der Waals surface area contributed by atoms with Crippen molar-refractivity contribution < 1.29 is 23.8 Å². The second kappa shape index (κ2) is 8.99. The Hall–Kier alpha value is -2.70. The molecule has 1 heterocycles. The lowest BCUT2D eigenvalue weighted by Crippen LogP contribution is -2.29. The highest BCUT2D eigenvalue weighted by atomic mass is 35.5. The van der Waals surface area contributed by atoms with Gasteiger partial charge in [0.15, 0.2) is 17.6 Å². The lowest BCUT2D eigenvalue weighted by Gasteiger charge is -2.18. The molecule has 0 bridgehead atoms. The number of rotatable bonds is 5. The minimum atomic E-state index is -1.00. The van der Waals surface area contributed by atoms with Gasteiger partial charge < -0.3 is 19.5 Å². The molecule has 1 aliphatic heterocycles. The summed E-state index contributed by atoms with van der Waals surface area (Å²) in [5.74, 6) is 0.133. The summed E-state index contributed by atoms with van der Waals surface area (Å²) in [5, 5.41) is 3.37. The van der Waals surface area contributed by atoms with Crippen molar-refractivity contribution in [2.45, 2.75) is 13.0 Å². The maximum atomic E-state index is 12.2. The van der Waals surface area contributed by atoms with E-state index in [0.717, 1.165) is 5.56 Å². The number of hydrogen-bond donors (Lipinski definition) is 1. The molecule has 0 aromatic heterocycles. The summed E-state index contributed by atoms with van der Waals surface area (Å²) >= 11 is 11.8. The number of benzene rings is 2. The molecule has 1 unspecified atom stereocenters. The molecule has 1 amide bonds. The zero-order valence-electron chi connectivity index (χ0n) is 14.9. The first-order valence-corrected chi connectivity index (χ1v) is 9.21. The summed E-state index contributed by atoms with van der Waals surface area (Å²) in [6, 6.07) is 9.95. The van der Waals surface area contributed by atoms with E-state index in [1.54, 1.807) is 42.5 Å². The van der Waals surface area contributed by atoms with E-state index in [9.17, 15) is 9.59 Å². The van der Waals surface area contributed by atoms with Crippen LogP contribution in [0.25, 0.3) is 6.08 Å². The van der Waals surface area contributed by atoms with Crippen molar-refractivity contribution in [3.63, 3.8) is 0 Å². The second-order valence-electron chi connectivity index (χ2n) is 5.96. The Bertz CT molecular complexity index is 909. The Morgan fingerprint density at radius 1 is 1.07 bits per heavy atom. The Balaban J connectivity index is 1.56. The molecule has 0 aliphatic carbocycles. The summed E-state index contributed by atoms with van der Waals surface area (Å²) in [6.45, 7) is 2.46. The number of halogens is 2. The summed E-state index contributed by atoms with van der Waals surface area (Å²) in [4.78, 5) is 24.2. The van der Waals surface area contributed by atoms with Crippen LogP contribution in [0.2, 0.25) is 10.0 Å². The minimum absolute atomic E-state index is 0.384. The molecule has 3 rings (SSSR count). The molecule has 1 atom stereocenters. The Labute approximate surface area is 172 Å². The van der Waals surface area contributed by atoms with Crippen LogP contribution in [0.4, 0.5) is 5.69 Å². The van der Waals surface area contributed by atoms with E-state index < -0.39 is 18.0 Å². The van der Waals surface area contributed by atoms with E-state index in [0.29, 0.717) is 40.4 Å². The molecular weight excluding hydrogens is 405 g/mol. The highest BCUT2D eigenvalue weighted by molar-refractivity contribution is 6.35. The van der Waals surface area contributed by atoms with Gasteiger partial charge in [0.1, 0.15) is 13.2 Å². The van der Waals surface area contributed by atoms with Gasteiger partial charge in [0.25, 0.3) is 5.91 Å². The van der Waals surface area contributed by atoms with Gasteiger partial charge in [-0.3, -0.25) is 4.79 Å². The van der Waals surface area contributed by atoms with Gasteiger partial charge in [0.2, 0.25) is 0 Å². The van der Waals surface area contributed by atoms with Crippen molar-refractivity contribution in [3.8, 4) is 11.5 Å². The second-order valence-corrected chi connectivity index (χ2v) is 6.84. The van der Waals surface area contributed by atoms with Gasteiger partial charge in [-0.05, 0) is 48.9 Å². The molecule has 0 saturated heterocycles. The van der Waals surface area contributed by atoms with E-state index in [4.69, 9.17) is 37.4 Å². The van der Waals surface area contributed by atoms with Gasteiger partial charge in [-0.25, -0.2) is 4.79 Å². The van der Waals surface area contributed by atoms with E-state index in [1.165, 1.54) is 13.0 Å². The number of nitrogens with one attached hydrogen (secondary N) is 1. The van der Waals surface area contributed by atoms with Crippen LogP contribution in [0.3, 0.4) is 0 Å². The van der Waals surface area contributed by atoms with Crippen LogP contribution < -0.4 is 14.8 Å². The molecule has 8 heteroatoms. The quantitative estimate of drug-likeness (QED) is 0.573. The lowest BCUT2D eigenvalue weighted by molar-refractivity contribution is -0.148. The molecule has 1 aliphatic rings. The Kier molecular flexibility index (Phi) is 6.44. The lowest BCUT2D eigenvalue weighted by atomic mass is 10.2. The molecule has 28 heavy (non-hydrogen) atoms. The average molecular weight is 422 g/mol. The number of esters is 1. The molecule has 6 nitrogen and oxygen atoms in total. The van der Waals surface area contributed by atoms with Crippen molar-refractivity contribution in [1.29, 1.82) is 0 Å². The van der Waals surface area contributed by atoms with Gasteiger partial charge in [0, 0.05) is 21.8 Å². The molecule has 0 fully saturated rings. The first-order chi connectivity index (χ1) is 13.4. The molecular formula is C20H17Cl2NO5. The molecule has 0 spiro atoms. The van der Waals surface area contributed by atoms with E-state index in [-0.39, 0.29) is 0 Å². The third-order valence-electron chi connectivity index (χ3n) is 3.77. The number of ether oxygens (including phenoxy) is 3. The fraction of sp³-hybridized carbons (Fsp3) is 0.200. The maximum absolute atomic E-state index is 12.2. The van der Waals surface area contributed by atoms with Crippen LogP contribution >= 0.6 is 23.2 Å². The Morgan fingerprint density at radius 3 is 2.46 bits per heavy atom. The van der Waals surface area contributed by atoms with E-state index in [1.807, 2.05) is 0 Å². The molecule has 146 valence electrons. The fourth-order valence-electron chi connectivity index (χ4n) is 2.46. The fourth-order valence-corrected chi connectivity index (χ4v) is 2.99. The van der Waals surface area contributed by atoms with Crippen molar-refractivity contribution in [2.24, 2.45) is 0 Å². The van der Waals surface area contributed by atoms with Crippen molar-refractivity contribution in [2.75, 3.05) is 18.5 Å². The number of fused-ring (bicyclic) bond motifs is 1. The topological polar surface area (TPSA) is 73.9 Å². The monoisotopic (exact) mass is 421 g/mol. The van der Waals surface area contributed by atoms with Crippen LogP contribution in [0, 0.1) is 0 Å². The molecule has 2 aromatic carbocycles. The van der Waals surface area contributed by atoms with Crippen molar-refractivity contribution in [1.82, 2.24) is 0 Å². The summed E-state index contributed by atoms with van der Waals surface area (Å²) in [6.07, 6.45) is 1.81. The predicted molar refractivity (Wildman–Crippen MR) is 107 cm³/mol. The highest BCUT2D eigenvalue weighted by Crippen LogP contribution is 2.31. The zero-order valence-corrected chi connectivity index (χ0v) is 16.4. The normalized spacial score (nSPS) is 13.8. The van der Waals surface area contributed by atoms with Crippen LogP contribution in [0.1, 0.15) is 12.5 Å². The standard InChI is InChI=1S/C20H17Cl2NO5/c1-12(20(25)23-16-10-14(21)9-15(22)11-16)28-19(24)5-3-13-2-4-17-18(8-13)27-7-6-26-17/h2-5,8-12H,6-7H2,1H3,(H,23,25). The van der Waals surface area contributed by atoms with E-state index in [2.05, 4.69) is 5.32 Å². The number of anilines is 1. The number of amides is 1.